The maximum atomic E-state index is 5.77. The molecule has 2 aromatic rings. The lowest BCUT2D eigenvalue weighted by atomic mass is 10.2. The molecule has 0 spiro atoms. The Morgan fingerprint density at radius 2 is 2.04 bits per heavy atom. The van der Waals surface area contributed by atoms with Crippen molar-refractivity contribution >= 4 is 5.96 Å². The molecule has 0 aliphatic heterocycles. The summed E-state index contributed by atoms with van der Waals surface area (Å²) in [5, 5.41) is 6.50. The van der Waals surface area contributed by atoms with Gasteiger partial charge in [-0.15, -0.1) is 0 Å². The average molecular weight is 315 g/mol. The molecule has 1 heterocycles. The monoisotopic (exact) mass is 315 g/mol. The van der Waals surface area contributed by atoms with Crippen molar-refractivity contribution in [2.75, 3.05) is 26.2 Å². The Labute approximate surface area is 137 Å². The van der Waals surface area contributed by atoms with Gasteiger partial charge in [-0.05, 0) is 37.6 Å². The van der Waals surface area contributed by atoms with Gasteiger partial charge in [0.1, 0.15) is 18.1 Å². The number of hydrogen-bond acceptors (Lipinski definition) is 3. The van der Waals surface area contributed by atoms with Gasteiger partial charge in [0.05, 0.1) is 12.8 Å². The SMILES string of the molecule is CCNC(=NCCc1ccco1)NCCOc1ccccc1C. The number of guanidine groups is 1. The quantitative estimate of drug-likeness (QED) is 0.447. The summed E-state index contributed by atoms with van der Waals surface area (Å²) in [7, 11) is 0. The first-order valence-corrected chi connectivity index (χ1v) is 8.02. The van der Waals surface area contributed by atoms with Gasteiger partial charge in [0, 0.05) is 19.5 Å². The highest BCUT2D eigenvalue weighted by molar-refractivity contribution is 5.79. The fourth-order valence-electron chi connectivity index (χ4n) is 2.12. The van der Waals surface area contributed by atoms with Gasteiger partial charge in [0.25, 0.3) is 0 Å². The second-order valence-electron chi connectivity index (χ2n) is 5.13. The van der Waals surface area contributed by atoms with Crippen LogP contribution in [0.3, 0.4) is 0 Å². The van der Waals surface area contributed by atoms with Crippen LogP contribution in [0.15, 0.2) is 52.1 Å². The predicted octanol–water partition coefficient (Wildman–Crippen LogP) is 2.76. The smallest absolute Gasteiger partial charge is 0.191 e. The Morgan fingerprint density at radius 1 is 1.17 bits per heavy atom. The van der Waals surface area contributed by atoms with Gasteiger partial charge >= 0.3 is 0 Å². The van der Waals surface area contributed by atoms with Crippen LogP contribution in [-0.4, -0.2) is 32.2 Å². The molecule has 1 aromatic carbocycles. The highest BCUT2D eigenvalue weighted by Gasteiger charge is 2.00. The summed E-state index contributed by atoms with van der Waals surface area (Å²) in [4.78, 5) is 4.53. The molecule has 0 amide bonds. The molecule has 0 saturated heterocycles. The van der Waals surface area contributed by atoms with Crippen LogP contribution >= 0.6 is 0 Å². The molecule has 0 atom stereocenters. The molecular weight excluding hydrogens is 290 g/mol. The van der Waals surface area contributed by atoms with E-state index in [0.29, 0.717) is 19.7 Å². The van der Waals surface area contributed by atoms with Crippen molar-refractivity contribution in [2.24, 2.45) is 4.99 Å². The molecule has 2 N–H and O–H groups in total. The minimum absolute atomic E-state index is 0.591. The summed E-state index contributed by atoms with van der Waals surface area (Å²) in [5.74, 6) is 2.67. The Morgan fingerprint density at radius 3 is 2.78 bits per heavy atom. The summed E-state index contributed by atoms with van der Waals surface area (Å²) < 4.78 is 11.1. The topological polar surface area (TPSA) is 58.8 Å². The predicted molar refractivity (Wildman–Crippen MR) is 93.1 cm³/mol. The maximum absolute atomic E-state index is 5.77. The average Bonchev–Trinajstić information content (AvgIpc) is 3.06. The standard InChI is InChI=1S/C18H25N3O2/c1-3-19-18(20-11-10-16-8-6-13-22-16)21-12-14-23-17-9-5-4-7-15(17)2/h4-9,13H,3,10-12,14H2,1-2H3,(H2,19,20,21). The van der Waals surface area contributed by atoms with E-state index < -0.39 is 0 Å². The second kappa shape index (κ2) is 9.56. The zero-order chi connectivity index (χ0) is 16.3. The molecule has 0 aliphatic rings. The van der Waals surface area contributed by atoms with E-state index in [2.05, 4.69) is 15.6 Å². The van der Waals surface area contributed by atoms with Crippen LogP contribution < -0.4 is 15.4 Å². The molecule has 0 bridgehead atoms. The van der Waals surface area contributed by atoms with Gasteiger partial charge < -0.3 is 19.8 Å². The highest BCUT2D eigenvalue weighted by Crippen LogP contribution is 2.15. The van der Waals surface area contributed by atoms with Crippen molar-refractivity contribution in [3.63, 3.8) is 0 Å². The molecule has 0 radical (unpaired) electrons. The first-order chi connectivity index (χ1) is 11.3. The summed E-state index contributed by atoms with van der Waals surface area (Å²) in [6, 6.07) is 11.9. The largest absolute Gasteiger partial charge is 0.491 e. The van der Waals surface area contributed by atoms with E-state index in [-0.39, 0.29) is 0 Å². The number of furan rings is 1. The van der Waals surface area contributed by atoms with Gasteiger partial charge in [-0.1, -0.05) is 18.2 Å². The lowest BCUT2D eigenvalue weighted by Crippen LogP contribution is -2.39. The number of ether oxygens (including phenoxy) is 1. The van der Waals surface area contributed by atoms with E-state index in [0.717, 1.165) is 36.0 Å². The van der Waals surface area contributed by atoms with Crippen molar-refractivity contribution < 1.29 is 9.15 Å². The first kappa shape index (κ1) is 16.9. The number of nitrogens with one attached hydrogen (secondary N) is 2. The molecule has 1 aromatic heterocycles. The van der Waals surface area contributed by atoms with Gasteiger partial charge in [-0.2, -0.15) is 0 Å². The molecule has 5 heteroatoms. The van der Waals surface area contributed by atoms with Crippen molar-refractivity contribution in [3.8, 4) is 5.75 Å². The van der Waals surface area contributed by atoms with Crippen LogP contribution in [-0.2, 0) is 6.42 Å². The zero-order valence-corrected chi connectivity index (χ0v) is 13.8. The molecule has 0 unspecified atom stereocenters. The minimum atomic E-state index is 0.591. The third-order valence-corrected chi connectivity index (χ3v) is 3.30. The summed E-state index contributed by atoms with van der Waals surface area (Å²) >= 11 is 0. The second-order valence-corrected chi connectivity index (χ2v) is 5.13. The molecule has 23 heavy (non-hydrogen) atoms. The normalized spacial score (nSPS) is 11.3. The summed E-state index contributed by atoms with van der Waals surface area (Å²) in [5.41, 5.74) is 1.14. The molecule has 2 rings (SSSR count). The Hall–Kier alpha value is -2.43. The van der Waals surface area contributed by atoms with Crippen LogP contribution in [0.2, 0.25) is 0 Å². The fraction of sp³-hybridized carbons (Fsp3) is 0.389. The number of nitrogens with zero attached hydrogens (tertiary/aromatic N) is 1. The molecule has 0 aliphatic carbocycles. The Balaban J connectivity index is 1.72. The van der Waals surface area contributed by atoms with Crippen LogP contribution in [0.1, 0.15) is 18.2 Å². The third kappa shape index (κ3) is 6.06. The van der Waals surface area contributed by atoms with Crippen molar-refractivity contribution in [2.45, 2.75) is 20.3 Å². The van der Waals surface area contributed by atoms with Crippen LogP contribution in [0.4, 0.5) is 0 Å². The summed E-state index contributed by atoms with van der Waals surface area (Å²) in [6.07, 6.45) is 2.48. The van der Waals surface area contributed by atoms with E-state index in [1.165, 1.54) is 0 Å². The molecule has 124 valence electrons. The van der Waals surface area contributed by atoms with Crippen LogP contribution in [0, 0.1) is 6.92 Å². The molecule has 0 saturated carbocycles. The van der Waals surface area contributed by atoms with Gasteiger partial charge in [0.2, 0.25) is 0 Å². The summed E-state index contributed by atoms with van der Waals surface area (Å²) in [6.45, 7) is 6.89. The van der Waals surface area contributed by atoms with Crippen LogP contribution in [0.25, 0.3) is 0 Å². The lowest BCUT2D eigenvalue weighted by Gasteiger charge is -2.12. The number of rotatable bonds is 8. The maximum Gasteiger partial charge on any atom is 0.191 e. The lowest BCUT2D eigenvalue weighted by molar-refractivity contribution is 0.320. The third-order valence-electron chi connectivity index (χ3n) is 3.30. The van der Waals surface area contributed by atoms with Gasteiger partial charge in [-0.3, -0.25) is 4.99 Å². The minimum Gasteiger partial charge on any atom is -0.491 e. The van der Waals surface area contributed by atoms with E-state index in [1.54, 1.807) is 6.26 Å². The number of para-hydroxylation sites is 1. The zero-order valence-electron chi connectivity index (χ0n) is 13.8. The van der Waals surface area contributed by atoms with Crippen molar-refractivity contribution in [1.29, 1.82) is 0 Å². The Kier molecular flexibility index (Phi) is 7.04. The van der Waals surface area contributed by atoms with E-state index >= 15 is 0 Å². The van der Waals surface area contributed by atoms with Crippen LogP contribution in [0.5, 0.6) is 5.75 Å². The highest BCUT2D eigenvalue weighted by atomic mass is 16.5. The van der Waals surface area contributed by atoms with E-state index in [4.69, 9.17) is 9.15 Å². The number of hydrogen-bond donors (Lipinski definition) is 2. The van der Waals surface area contributed by atoms with Crippen molar-refractivity contribution in [1.82, 2.24) is 10.6 Å². The van der Waals surface area contributed by atoms with E-state index in [9.17, 15) is 0 Å². The number of aryl methyl sites for hydroxylation is 1. The number of benzene rings is 1. The fourth-order valence-corrected chi connectivity index (χ4v) is 2.12. The molecule has 0 fully saturated rings. The molecular formula is C18H25N3O2. The van der Waals surface area contributed by atoms with Gasteiger partial charge in [0.15, 0.2) is 5.96 Å². The van der Waals surface area contributed by atoms with E-state index in [1.807, 2.05) is 50.2 Å². The number of aliphatic imine (C=N–C) groups is 1. The van der Waals surface area contributed by atoms with Crippen molar-refractivity contribution in [3.05, 3.63) is 54.0 Å². The molecule has 5 nitrogen and oxygen atoms in total. The first-order valence-electron chi connectivity index (χ1n) is 8.02. The Bertz CT molecular complexity index is 594. The van der Waals surface area contributed by atoms with Gasteiger partial charge in [-0.25, -0.2) is 0 Å².